The topological polar surface area (TPSA) is 57.6 Å². The Morgan fingerprint density at radius 1 is 1.42 bits per heavy atom. The van der Waals surface area contributed by atoms with Gasteiger partial charge in [-0.15, -0.1) is 0 Å². The fourth-order valence-corrected chi connectivity index (χ4v) is 2.44. The molecule has 0 spiro atoms. The average molecular weight is 261 g/mol. The number of nitrogens with zero attached hydrogens (tertiary/aromatic N) is 1. The standard InChI is InChI=1S/C15H19NO3/c1-2-3-4-11-5-6-13-12(9-11)7-8-16(15(13)19)10-14(17)18/h5-6,9H,2-4,7-8,10H2,1H3,(H,17,18). The van der Waals surface area contributed by atoms with Crippen LogP contribution in [0.25, 0.3) is 0 Å². The monoisotopic (exact) mass is 261 g/mol. The fourth-order valence-electron chi connectivity index (χ4n) is 2.44. The summed E-state index contributed by atoms with van der Waals surface area (Å²) >= 11 is 0. The van der Waals surface area contributed by atoms with E-state index >= 15 is 0 Å². The van der Waals surface area contributed by atoms with Crippen LogP contribution in [0.1, 0.15) is 41.3 Å². The van der Waals surface area contributed by atoms with E-state index in [0.717, 1.165) is 31.2 Å². The summed E-state index contributed by atoms with van der Waals surface area (Å²) in [5.74, 6) is -1.12. The molecule has 1 aliphatic rings. The Bertz CT molecular complexity index is 496. The minimum atomic E-state index is -0.962. The maximum Gasteiger partial charge on any atom is 0.323 e. The number of fused-ring (bicyclic) bond motifs is 1. The molecule has 0 bridgehead atoms. The molecule has 1 heterocycles. The number of hydrogen-bond donors (Lipinski definition) is 1. The number of amides is 1. The predicted octanol–water partition coefficient (Wildman–Crippen LogP) is 2.11. The van der Waals surface area contributed by atoms with E-state index in [1.165, 1.54) is 10.5 Å². The van der Waals surface area contributed by atoms with Crippen molar-refractivity contribution < 1.29 is 14.7 Å². The van der Waals surface area contributed by atoms with Crippen LogP contribution < -0.4 is 0 Å². The number of aryl methyl sites for hydroxylation is 1. The first-order valence-corrected chi connectivity index (χ1v) is 6.74. The van der Waals surface area contributed by atoms with Crippen LogP contribution in [0.3, 0.4) is 0 Å². The number of carbonyl (C=O) groups is 2. The van der Waals surface area contributed by atoms with Crippen LogP contribution in [0.15, 0.2) is 18.2 Å². The lowest BCUT2D eigenvalue weighted by Gasteiger charge is -2.27. The van der Waals surface area contributed by atoms with E-state index < -0.39 is 5.97 Å². The summed E-state index contributed by atoms with van der Waals surface area (Å²) in [7, 11) is 0. The lowest BCUT2D eigenvalue weighted by molar-refractivity contribution is -0.137. The summed E-state index contributed by atoms with van der Waals surface area (Å²) in [6.45, 7) is 2.44. The van der Waals surface area contributed by atoms with Crippen molar-refractivity contribution >= 4 is 11.9 Å². The highest BCUT2D eigenvalue weighted by atomic mass is 16.4. The smallest absolute Gasteiger partial charge is 0.323 e. The van der Waals surface area contributed by atoms with Gasteiger partial charge in [0, 0.05) is 12.1 Å². The van der Waals surface area contributed by atoms with Crippen molar-refractivity contribution in [3.8, 4) is 0 Å². The van der Waals surface area contributed by atoms with Crippen molar-refractivity contribution in [2.45, 2.75) is 32.6 Å². The van der Waals surface area contributed by atoms with Gasteiger partial charge in [-0.1, -0.05) is 25.5 Å². The number of carboxylic acid groups (broad SMARTS) is 1. The molecule has 1 amide bonds. The Kier molecular flexibility index (Phi) is 4.20. The van der Waals surface area contributed by atoms with Crippen molar-refractivity contribution in [2.75, 3.05) is 13.1 Å². The van der Waals surface area contributed by atoms with E-state index in [-0.39, 0.29) is 12.5 Å². The van der Waals surface area contributed by atoms with Gasteiger partial charge in [-0.2, -0.15) is 0 Å². The van der Waals surface area contributed by atoms with Crippen LogP contribution in [-0.2, 0) is 17.6 Å². The zero-order chi connectivity index (χ0) is 13.8. The minimum Gasteiger partial charge on any atom is -0.480 e. The predicted molar refractivity (Wildman–Crippen MR) is 72.3 cm³/mol. The molecular weight excluding hydrogens is 242 g/mol. The third-order valence-corrected chi connectivity index (χ3v) is 3.48. The molecule has 0 saturated heterocycles. The first-order chi connectivity index (χ1) is 9.11. The second-order valence-electron chi connectivity index (χ2n) is 4.97. The molecule has 0 radical (unpaired) electrons. The van der Waals surface area contributed by atoms with Gasteiger partial charge in [0.25, 0.3) is 5.91 Å². The number of rotatable bonds is 5. The lowest BCUT2D eigenvalue weighted by Crippen LogP contribution is -2.40. The highest BCUT2D eigenvalue weighted by molar-refractivity contribution is 5.98. The molecule has 102 valence electrons. The normalized spacial score (nSPS) is 14.4. The molecule has 1 aromatic carbocycles. The van der Waals surface area contributed by atoms with Gasteiger partial charge in [0.05, 0.1) is 0 Å². The van der Waals surface area contributed by atoms with E-state index in [9.17, 15) is 9.59 Å². The van der Waals surface area contributed by atoms with E-state index in [4.69, 9.17) is 5.11 Å². The molecular formula is C15H19NO3. The lowest BCUT2D eigenvalue weighted by atomic mass is 9.95. The van der Waals surface area contributed by atoms with Crippen LogP contribution in [0, 0.1) is 0 Å². The molecule has 19 heavy (non-hydrogen) atoms. The Labute approximate surface area is 113 Å². The Morgan fingerprint density at radius 2 is 2.21 bits per heavy atom. The van der Waals surface area contributed by atoms with Crippen LogP contribution in [0.4, 0.5) is 0 Å². The highest BCUT2D eigenvalue weighted by Gasteiger charge is 2.25. The molecule has 0 aromatic heterocycles. The van der Waals surface area contributed by atoms with Gasteiger partial charge in [0.2, 0.25) is 0 Å². The molecule has 0 aliphatic carbocycles. The van der Waals surface area contributed by atoms with Crippen molar-refractivity contribution in [2.24, 2.45) is 0 Å². The van der Waals surface area contributed by atoms with Gasteiger partial charge in [0.15, 0.2) is 0 Å². The summed E-state index contributed by atoms with van der Waals surface area (Å²) in [6.07, 6.45) is 4.09. The van der Waals surface area contributed by atoms with Crippen molar-refractivity contribution in [1.82, 2.24) is 4.90 Å². The van der Waals surface area contributed by atoms with Crippen LogP contribution in [-0.4, -0.2) is 35.0 Å². The fraction of sp³-hybridized carbons (Fsp3) is 0.467. The molecule has 1 N–H and O–H groups in total. The molecule has 4 nitrogen and oxygen atoms in total. The Morgan fingerprint density at radius 3 is 2.89 bits per heavy atom. The van der Waals surface area contributed by atoms with Crippen LogP contribution >= 0.6 is 0 Å². The van der Waals surface area contributed by atoms with Crippen LogP contribution in [0.2, 0.25) is 0 Å². The van der Waals surface area contributed by atoms with Gasteiger partial charge < -0.3 is 10.0 Å². The number of unbranched alkanes of at least 4 members (excludes halogenated alkanes) is 1. The van der Waals surface area contributed by atoms with Gasteiger partial charge >= 0.3 is 5.97 Å². The third kappa shape index (κ3) is 3.13. The number of aliphatic carboxylic acids is 1. The molecule has 1 aliphatic heterocycles. The van der Waals surface area contributed by atoms with E-state index in [1.54, 1.807) is 0 Å². The number of carboxylic acids is 1. The highest BCUT2D eigenvalue weighted by Crippen LogP contribution is 2.21. The second-order valence-corrected chi connectivity index (χ2v) is 4.97. The van der Waals surface area contributed by atoms with Crippen molar-refractivity contribution in [1.29, 1.82) is 0 Å². The maximum atomic E-state index is 12.1. The maximum absolute atomic E-state index is 12.1. The Hall–Kier alpha value is -1.84. The molecule has 2 rings (SSSR count). The molecule has 4 heteroatoms. The molecule has 0 fully saturated rings. The van der Waals surface area contributed by atoms with E-state index in [2.05, 4.69) is 13.0 Å². The summed E-state index contributed by atoms with van der Waals surface area (Å²) in [6, 6.07) is 5.92. The first-order valence-electron chi connectivity index (χ1n) is 6.74. The third-order valence-electron chi connectivity index (χ3n) is 3.48. The summed E-state index contributed by atoms with van der Waals surface area (Å²) in [4.78, 5) is 24.2. The van der Waals surface area contributed by atoms with Gasteiger partial charge in [-0.05, 0) is 36.5 Å². The molecule has 1 aromatic rings. The quantitative estimate of drug-likeness (QED) is 0.883. The van der Waals surface area contributed by atoms with Crippen molar-refractivity contribution in [3.63, 3.8) is 0 Å². The molecule has 0 unspecified atom stereocenters. The van der Waals surface area contributed by atoms with E-state index in [1.807, 2.05) is 12.1 Å². The number of hydrogen-bond acceptors (Lipinski definition) is 2. The molecule has 0 saturated carbocycles. The Balaban J connectivity index is 2.16. The van der Waals surface area contributed by atoms with E-state index in [0.29, 0.717) is 12.1 Å². The van der Waals surface area contributed by atoms with Gasteiger partial charge in [0.1, 0.15) is 6.54 Å². The largest absolute Gasteiger partial charge is 0.480 e. The second kappa shape index (κ2) is 5.87. The number of benzene rings is 1. The van der Waals surface area contributed by atoms with Gasteiger partial charge in [-0.3, -0.25) is 9.59 Å². The van der Waals surface area contributed by atoms with Crippen LogP contribution in [0.5, 0.6) is 0 Å². The van der Waals surface area contributed by atoms with Gasteiger partial charge in [-0.25, -0.2) is 0 Å². The zero-order valence-electron chi connectivity index (χ0n) is 11.2. The SMILES string of the molecule is CCCCc1ccc2c(c1)CCN(CC(=O)O)C2=O. The zero-order valence-corrected chi connectivity index (χ0v) is 11.2. The first kappa shape index (κ1) is 13.6. The summed E-state index contributed by atoms with van der Waals surface area (Å²) in [5, 5.41) is 8.78. The average Bonchev–Trinajstić information content (AvgIpc) is 2.39. The summed E-state index contributed by atoms with van der Waals surface area (Å²) < 4.78 is 0. The van der Waals surface area contributed by atoms with Crippen molar-refractivity contribution in [3.05, 3.63) is 34.9 Å². The molecule has 0 atom stereocenters. The minimum absolute atomic E-state index is 0.161. The summed E-state index contributed by atoms with van der Waals surface area (Å²) in [5.41, 5.74) is 2.98. The number of carbonyl (C=O) groups excluding carboxylic acids is 1.